The first-order valence-electron chi connectivity index (χ1n) is 11.6. The number of rotatable bonds is 6. The number of nitrogens with zero attached hydrogens (tertiary/aromatic N) is 3. The first-order chi connectivity index (χ1) is 18.1. The fourth-order valence-electron chi connectivity index (χ4n) is 4.36. The van der Waals surface area contributed by atoms with Crippen LogP contribution in [0.1, 0.15) is 34.6 Å². The molecule has 1 atom stereocenters. The molecule has 3 heterocycles. The Morgan fingerprint density at radius 3 is 2.29 bits per heavy atom. The fourth-order valence-corrected chi connectivity index (χ4v) is 5.38. The number of fused-ring (bicyclic) bond motifs is 1. The molecule has 0 aliphatic carbocycles. The molecule has 1 unspecified atom stereocenters. The van der Waals surface area contributed by atoms with Crippen LogP contribution >= 0.6 is 11.3 Å². The number of hydrogen-bond donors (Lipinski definition) is 2. The van der Waals surface area contributed by atoms with Crippen molar-refractivity contribution in [2.75, 3.05) is 19.0 Å². The van der Waals surface area contributed by atoms with Crippen molar-refractivity contribution in [1.82, 2.24) is 4.57 Å². The van der Waals surface area contributed by atoms with Crippen LogP contribution in [0.15, 0.2) is 86.1 Å². The number of allylic oxidation sites excluding steroid dienone is 1. The lowest BCUT2D eigenvalue weighted by Crippen LogP contribution is -2.39. The van der Waals surface area contributed by atoms with E-state index in [4.69, 9.17) is 9.52 Å². The van der Waals surface area contributed by atoms with Gasteiger partial charge in [0.05, 0.1) is 27.4 Å². The van der Waals surface area contributed by atoms with E-state index in [0.29, 0.717) is 37.7 Å². The van der Waals surface area contributed by atoms with Crippen molar-refractivity contribution in [3.63, 3.8) is 0 Å². The zero-order valence-corrected chi connectivity index (χ0v) is 21.5. The second-order valence-corrected chi connectivity index (χ2v) is 9.97. The molecule has 1 aliphatic heterocycles. The van der Waals surface area contributed by atoms with Gasteiger partial charge in [0, 0.05) is 31.4 Å². The number of carboxylic acid groups (broad SMARTS) is 2. The Labute approximate surface area is 220 Å². The molecule has 192 valence electrons. The summed E-state index contributed by atoms with van der Waals surface area (Å²) in [5, 5.41) is 19.1. The lowest BCUT2D eigenvalue weighted by atomic mass is 9.96. The number of aromatic nitrogens is 1. The lowest BCUT2D eigenvalue weighted by Gasteiger charge is -2.24. The largest absolute Gasteiger partial charge is 0.478 e. The lowest BCUT2D eigenvalue weighted by molar-refractivity contribution is -0.133. The number of aliphatic carboxylic acids is 1. The highest BCUT2D eigenvalue weighted by molar-refractivity contribution is 7.07. The van der Waals surface area contributed by atoms with Crippen molar-refractivity contribution in [2.45, 2.75) is 13.0 Å². The molecule has 2 aromatic carbocycles. The number of benzene rings is 2. The number of carboxylic acids is 2. The van der Waals surface area contributed by atoms with Gasteiger partial charge in [-0.2, -0.15) is 0 Å². The Morgan fingerprint density at radius 2 is 1.68 bits per heavy atom. The van der Waals surface area contributed by atoms with E-state index in [1.165, 1.54) is 16.7 Å². The molecule has 5 rings (SSSR count). The van der Waals surface area contributed by atoms with Gasteiger partial charge < -0.3 is 19.5 Å². The molecule has 1 aliphatic rings. The van der Waals surface area contributed by atoms with Crippen LogP contribution in [0.3, 0.4) is 0 Å². The Morgan fingerprint density at radius 1 is 1.00 bits per heavy atom. The van der Waals surface area contributed by atoms with Gasteiger partial charge in [-0.3, -0.25) is 9.36 Å². The normalized spacial score (nSPS) is 15.2. The molecule has 2 aromatic heterocycles. The van der Waals surface area contributed by atoms with Crippen molar-refractivity contribution >= 4 is 35.0 Å². The molecule has 10 heteroatoms. The van der Waals surface area contributed by atoms with E-state index in [1.807, 2.05) is 43.3 Å². The number of aromatic carboxylic acids is 1. The number of furan rings is 1. The zero-order chi connectivity index (χ0) is 27.1. The van der Waals surface area contributed by atoms with Crippen molar-refractivity contribution in [3.8, 4) is 11.3 Å². The number of carbonyl (C=O) groups is 2. The summed E-state index contributed by atoms with van der Waals surface area (Å²) in [5.41, 5.74) is 2.50. The SMILES string of the molecule is CC1=C(C(=O)O)C(c2ccc(N(C)C)cc2)n2c(sc(=Cc3ccc(-c4ccc(C(=O)O)cc4)o3)c2=O)=N1. The third kappa shape index (κ3) is 4.46. The van der Waals surface area contributed by atoms with Crippen LogP contribution in [0.25, 0.3) is 17.4 Å². The summed E-state index contributed by atoms with van der Waals surface area (Å²) in [4.78, 5) is 43.7. The van der Waals surface area contributed by atoms with E-state index in [0.717, 1.165) is 17.0 Å². The summed E-state index contributed by atoms with van der Waals surface area (Å²) in [5.74, 6) is -1.20. The second-order valence-electron chi connectivity index (χ2n) is 8.96. The average Bonchev–Trinajstić information content (AvgIpc) is 3.47. The quantitative estimate of drug-likeness (QED) is 0.392. The van der Waals surface area contributed by atoms with Crippen molar-refractivity contribution in [3.05, 3.63) is 109 Å². The van der Waals surface area contributed by atoms with Crippen LogP contribution in [-0.2, 0) is 4.79 Å². The van der Waals surface area contributed by atoms with E-state index in [-0.39, 0.29) is 16.7 Å². The first kappa shape index (κ1) is 25.0. The van der Waals surface area contributed by atoms with Crippen LogP contribution in [0.5, 0.6) is 0 Å². The van der Waals surface area contributed by atoms with Crippen LogP contribution in [0.2, 0.25) is 0 Å². The van der Waals surface area contributed by atoms with Crippen LogP contribution in [0.4, 0.5) is 5.69 Å². The van der Waals surface area contributed by atoms with Crippen LogP contribution in [0, 0.1) is 0 Å². The second kappa shape index (κ2) is 9.64. The molecular weight excluding hydrogens is 506 g/mol. The maximum absolute atomic E-state index is 13.6. The summed E-state index contributed by atoms with van der Waals surface area (Å²) in [6.45, 7) is 1.64. The number of hydrogen-bond acceptors (Lipinski definition) is 7. The summed E-state index contributed by atoms with van der Waals surface area (Å²) in [6.07, 6.45) is 1.60. The van der Waals surface area contributed by atoms with Crippen molar-refractivity contribution in [2.24, 2.45) is 4.99 Å². The molecular formula is C28H23N3O6S. The minimum absolute atomic E-state index is 0.0478. The highest BCUT2D eigenvalue weighted by Gasteiger charge is 2.32. The summed E-state index contributed by atoms with van der Waals surface area (Å²) < 4.78 is 7.67. The Kier molecular flexibility index (Phi) is 6.33. The Bertz CT molecular complexity index is 1770. The van der Waals surface area contributed by atoms with Gasteiger partial charge in [-0.15, -0.1) is 0 Å². The monoisotopic (exact) mass is 529 g/mol. The average molecular weight is 530 g/mol. The third-order valence-corrected chi connectivity index (χ3v) is 7.28. The van der Waals surface area contributed by atoms with Gasteiger partial charge in [-0.1, -0.05) is 35.6 Å². The third-order valence-electron chi connectivity index (χ3n) is 6.29. The summed E-state index contributed by atoms with van der Waals surface area (Å²) in [7, 11) is 3.83. The predicted molar refractivity (Wildman–Crippen MR) is 143 cm³/mol. The molecule has 2 N–H and O–H groups in total. The molecule has 0 radical (unpaired) electrons. The van der Waals surface area contributed by atoms with Gasteiger partial charge in [0.15, 0.2) is 4.80 Å². The van der Waals surface area contributed by atoms with E-state index >= 15 is 0 Å². The summed E-state index contributed by atoms with van der Waals surface area (Å²) in [6, 6.07) is 16.3. The van der Waals surface area contributed by atoms with Crippen molar-refractivity contribution in [1.29, 1.82) is 0 Å². The minimum atomic E-state index is -1.13. The number of thiazole rings is 1. The molecule has 0 spiro atoms. The molecule has 0 saturated heterocycles. The Hall–Kier alpha value is -4.70. The molecule has 0 saturated carbocycles. The molecule has 0 amide bonds. The maximum atomic E-state index is 13.6. The van der Waals surface area contributed by atoms with Crippen LogP contribution < -0.4 is 19.8 Å². The van der Waals surface area contributed by atoms with Gasteiger partial charge in [-0.25, -0.2) is 14.6 Å². The number of anilines is 1. The summed E-state index contributed by atoms with van der Waals surface area (Å²) >= 11 is 1.16. The van der Waals surface area contributed by atoms with Gasteiger partial charge in [0.1, 0.15) is 11.5 Å². The van der Waals surface area contributed by atoms with Crippen molar-refractivity contribution < 1.29 is 24.2 Å². The topological polar surface area (TPSA) is 125 Å². The molecule has 0 fully saturated rings. The first-order valence-corrected chi connectivity index (χ1v) is 12.4. The van der Waals surface area contributed by atoms with E-state index in [9.17, 15) is 19.5 Å². The smallest absolute Gasteiger partial charge is 0.335 e. The minimum Gasteiger partial charge on any atom is -0.478 e. The zero-order valence-electron chi connectivity index (χ0n) is 20.7. The van der Waals surface area contributed by atoms with Gasteiger partial charge in [0.25, 0.3) is 5.56 Å². The van der Waals surface area contributed by atoms with E-state index in [1.54, 1.807) is 37.3 Å². The van der Waals surface area contributed by atoms with Crippen LogP contribution in [-0.4, -0.2) is 40.8 Å². The Balaban J connectivity index is 1.58. The molecule has 4 aromatic rings. The van der Waals surface area contributed by atoms with E-state index < -0.39 is 18.0 Å². The predicted octanol–water partition coefficient (Wildman–Crippen LogP) is 3.34. The molecule has 0 bridgehead atoms. The molecule has 9 nitrogen and oxygen atoms in total. The highest BCUT2D eigenvalue weighted by Crippen LogP contribution is 2.31. The standard InChI is InChI=1S/C28H23N3O6S/c1-15-23(27(35)36)24(17-8-10-19(11-9-17)30(2)3)31-25(32)22(38-28(31)29-15)14-20-12-13-21(37-20)16-4-6-18(7-5-16)26(33)34/h4-14,24H,1-3H3,(H,33,34)(H,35,36). The maximum Gasteiger partial charge on any atom is 0.335 e. The van der Waals surface area contributed by atoms with Gasteiger partial charge >= 0.3 is 11.9 Å². The van der Waals surface area contributed by atoms with Gasteiger partial charge in [-0.05, 0) is 48.9 Å². The highest BCUT2D eigenvalue weighted by atomic mass is 32.1. The van der Waals surface area contributed by atoms with E-state index in [2.05, 4.69) is 4.99 Å². The van der Waals surface area contributed by atoms with Gasteiger partial charge in [0.2, 0.25) is 0 Å². The molecule has 38 heavy (non-hydrogen) atoms. The fraction of sp³-hybridized carbons (Fsp3) is 0.143.